The lowest BCUT2D eigenvalue weighted by Crippen LogP contribution is -2.34. The topological polar surface area (TPSA) is 17.1 Å². The van der Waals surface area contributed by atoms with Crippen LogP contribution in [0.4, 0.5) is 0 Å². The van der Waals surface area contributed by atoms with Gasteiger partial charge in [-0.15, -0.1) is 0 Å². The molecule has 1 aromatic rings. The van der Waals surface area contributed by atoms with E-state index in [0.29, 0.717) is 12.3 Å². The number of rotatable bonds is 2. The van der Waals surface area contributed by atoms with Gasteiger partial charge in [0.1, 0.15) is 0 Å². The van der Waals surface area contributed by atoms with Crippen molar-refractivity contribution in [1.82, 2.24) is 0 Å². The van der Waals surface area contributed by atoms with E-state index in [-0.39, 0.29) is 16.1 Å². The van der Waals surface area contributed by atoms with Gasteiger partial charge in [0.25, 0.3) is 0 Å². The van der Waals surface area contributed by atoms with Crippen molar-refractivity contribution >= 4 is 16.8 Å². The first kappa shape index (κ1) is 16.1. The number of fused-ring (bicyclic) bond motifs is 2. The van der Waals surface area contributed by atoms with Crippen LogP contribution in [0.1, 0.15) is 88.0 Å². The van der Waals surface area contributed by atoms with E-state index in [9.17, 15) is 4.79 Å². The Labute approximate surface area is 139 Å². The second-order valence-corrected chi connectivity index (χ2v) is 8.93. The van der Waals surface area contributed by atoms with Crippen LogP contribution in [0.15, 0.2) is 12.1 Å². The van der Waals surface area contributed by atoms with Crippen molar-refractivity contribution in [2.24, 2.45) is 0 Å². The van der Waals surface area contributed by atoms with E-state index in [1.54, 1.807) is 0 Å². The molecule has 0 spiro atoms. The maximum Gasteiger partial charge on any atom is 0.222 e. The molecular weight excluding hydrogens is 292 g/mol. The summed E-state index contributed by atoms with van der Waals surface area (Å²) in [6.45, 7) is 9.46. The third kappa shape index (κ3) is 2.73. The van der Waals surface area contributed by atoms with Crippen molar-refractivity contribution in [1.29, 1.82) is 0 Å². The van der Waals surface area contributed by atoms with E-state index >= 15 is 0 Å². The lowest BCUT2D eigenvalue weighted by molar-refractivity contribution is -0.112. The monoisotopic (exact) mass is 318 g/mol. The summed E-state index contributed by atoms with van der Waals surface area (Å²) in [6.07, 6.45) is 6.36. The molecule has 120 valence electrons. The van der Waals surface area contributed by atoms with Gasteiger partial charge in [0, 0.05) is 6.42 Å². The van der Waals surface area contributed by atoms with Crippen molar-refractivity contribution in [3.63, 3.8) is 0 Å². The predicted octanol–water partition coefficient (Wildman–Crippen LogP) is 5.61. The Morgan fingerprint density at radius 2 is 1.73 bits per heavy atom. The predicted molar refractivity (Wildman–Crippen MR) is 92.9 cm³/mol. The third-order valence-electron chi connectivity index (χ3n) is 5.96. The van der Waals surface area contributed by atoms with Crippen LogP contribution >= 0.6 is 11.6 Å². The molecule has 0 aromatic heterocycles. The first-order valence-electron chi connectivity index (χ1n) is 8.57. The first-order valence-corrected chi connectivity index (χ1v) is 8.95. The summed E-state index contributed by atoms with van der Waals surface area (Å²) in [7, 11) is 0. The molecule has 0 aliphatic heterocycles. The Bertz CT molecular complexity index is 612. The Kier molecular flexibility index (Phi) is 3.92. The minimum atomic E-state index is -0.199. The fourth-order valence-corrected chi connectivity index (χ4v) is 4.56. The molecule has 0 saturated heterocycles. The summed E-state index contributed by atoms with van der Waals surface area (Å²) >= 11 is 5.68. The van der Waals surface area contributed by atoms with Crippen LogP contribution in [0.25, 0.3) is 0 Å². The van der Waals surface area contributed by atoms with Gasteiger partial charge in [-0.2, -0.15) is 0 Å². The highest BCUT2D eigenvalue weighted by Crippen LogP contribution is 2.48. The molecule has 0 radical (unpaired) electrons. The van der Waals surface area contributed by atoms with E-state index in [1.165, 1.54) is 41.5 Å². The number of aryl methyl sites for hydroxylation is 1. The van der Waals surface area contributed by atoms with Crippen molar-refractivity contribution < 1.29 is 4.79 Å². The summed E-state index contributed by atoms with van der Waals surface area (Å²) in [5, 5.41) is -0.199. The Hall–Kier alpha value is -0.820. The van der Waals surface area contributed by atoms with Gasteiger partial charge >= 0.3 is 0 Å². The average molecular weight is 319 g/mol. The molecule has 2 heteroatoms. The zero-order chi connectivity index (χ0) is 16.1. The molecule has 0 heterocycles. The second-order valence-electron chi connectivity index (χ2n) is 8.51. The number of carbonyl (C=O) groups excluding carboxylic acids is 1. The number of halogens is 1. The molecule has 3 rings (SSSR count). The number of carbonyl (C=O) groups is 1. The largest absolute Gasteiger partial charge is 0.281 e. The van der Waals surface area contributed by atoms with Crippen LogP contribution in [-0.2, 0) is 22.0 Å². The van der Waals surface area contributed by atoms with Crippen LogP contribution in [0.2, 0.25) is 0 Å². The highest BCUT2D eigenvalue weighted by Gasteiger charge is 2.38. The van der Waals surface area contributed by atoms with Gasteiger partial charge in [-0.05, 0) is 82.7 Å². The fourth-order valence-electron chi connectivity index (χ4n) is 4.37. The first-order chi connectivity index (χ1) is 10.2. The highest BCUT2D eigenvalue weighted by molar-refractivity contribution is 6.63. The lowest BCUT2D eigenvalue weighted by atomic mass is 9.61. The van der Waals surface area contributed by atoms with Crippen LogP contribution in [0, 0.1) is 0 Å². The van der Waals surface area contributed by atoms with Crippen LogP contribution in [0.5, 0.6) is 0 Å². The van der Waals surface area contributed by atoms with Gasteiger partial charge in [-0.1, -0.05) is 39.8 Å². The van der Waals surface area contributed by atoms with Gasteiger partial charge in [0.15, 0.2) is 0 Å². The molecule has 0 N–H and O–H groups in total. The Balaban J connectivity index is 2.14. The molecule has 22 heavy (non-hydrogen) atoms. The summed E-state index contributed by atoms with van der Waals surface area (Å²) in [4.78, 5) is 11.4. The summed E-state index contributed by atoms with van der Waals surface area (Å²) in [6, 6.07) is 4.88. The Morgan fingerprint density at radius 3 is 2.32 bits per heavy atom. The Morgan fingerprint density at radius 1 is 1.14 bits per heavy atom. The van der Waals surface area contributed by atoms with Crippen molar-refractivity contribution in [3.05, 3.63) is 34.4 Å². The maximum absolute atomic E-state index is 11.4. The summed E-state index contributed by atoms with van der Waals surface area (Å²) < 4.78 is 0. The maximum atomic E-state index is 11.4. The third-order valence-corrected chi connectivity index (χ3v) is 6.11. The van der Waals surface area contributed by atoms with Gasteiger partial charge in [-0.25, -0.2) is 0 Å². The number of benzene rings is 1. The fraction of sp³-hybridized carbons (Fsp3) is 0.650. The zero-order valence-electron chi connectivity index (χ0n) is 14.3. The van der Waals surface area contributed by atoms with E-state index in [2.05, 4.69) is 39.8 Å². The normalized spacial score (nSPS) is 25.2. The second kappa shape index (κ2) is 5.37. The minimum Gasteiger partial charge on any atom is -0.281 e. The van der Waals surface area contributed by atoms with Crippen LogP contribution in [-0.4, -0.2) is 5.24 Å². The van der Waals surface area contributed by atoms with E-state index in [0.717, 1.165) is 12.8 Å². The molecule has 0 saturated carbocycles. The van der Waals surface area contributed by atoms with Gasteiger partial charge in [-0.3, -0.25) is 4.79 Å². The summed E-state index contributed by atoms with van der Waals surface area (Å²) in [5.74, 6) is 0.319. The van der Waals surface area contributed by atoms with Crippen LogP contribution < -0.4 is 0 Å². The molecule has 0 bridgehead atoms. The standard InChI is InChI=1S/C20H27ClO/c1-19(2)8-9-20(3,4)17-12-15-13(10-16(17)19)6-5-7-14(15)11-18(21)22/h10,12,14H,5-9,11H2,1-4H3. The van der Waals surface area contributed by atoms with Gasteiger partial charge in [0.2, 0.25) is 5.24 Å². The molecule has 1 aromatic carbocycles. The summed E-state index contributed by atoms with van der Waals surface area (Å²) in [5.41, 5.74) is 6.36. The average Bonchev–Trinajstić information content (AvgIpc) is 2.43. The SMILES string of the molecule is CC1(C)CCC(C)(C)c2cc3c(cc21)CCCC3CC(=O)Cl. The quantitative estimate of drug-likeness (QED) is 0.648. The number of hydrogen-bond donors (Lipinski definition) is 0. The highest BCUT2D eigenvalue weighted by atomic mass is 35.5. The molecule has 2 aliphatic rings. The lowest BCUT2D eigenvalue weighted by Gasteiger charge is -2.43. The molecule has 0 fully saturated rings. The van der Waals surface area contributed by atoms with Crippen LogP contribution in [0.3, 0.4) is 0 Å². The molecular formula is C20H27ClO. The minimum absolute atomic E-state index is 0.199. The molecule has 1 unspecified atom stereocenters. The molecule has 1 atom stereocenters. The van der Waals surface area contributed by atoms with E-state index in [1.807, 2.05) is 0 Å². The van der Waals surface area contributed by atoms with Gasteiger partial charge in [0.05, 0.1) is 0 Å². The molecule has 1 nitrogen and oxygen atoms in total. The molecule has 2 aliphatic carbocycles. The smallest absolute Gasteiger partial charge is 0.222 e. The zero-order valence-corrected chi connectivity index (χ0v) is 15.0. The van der Waals surface area contributed by atoms with E-state index in [4.69, 9.17) is 11.6 Å². The van der Waals surface area contributed by atoms with Crippen molar-refractivity contribution in [2.75, 3.05) is 0 Å². The van der Waals surface area contributed by atoms with Crippen molar-refractivity contribution in [2.45, 2.75) is 83.0 Å². The van der Waals surface area contributed by atoms with Crippen molar-refractivity contribution in [3.8, 4) is 0 Å². The molecule has 0 amide bonds. The van der Waals surface area contributed by atoms with E-state index < -0.39 is 0 Å². The number of hydrogen-bond acceptors (Lipinski definition) is 1. The van der Waals surface area contributed by atoms with Gasteiger partial charge < -0.3 is 0 Å².